The van der Waals surface area contributed by atoms with Crippen molar-refractivity contribution >= 4 is 16.7 Å². The summed E-state index contributed by atoms with van der Waals surface area (Å²) in [6.45, 7) is 0. The molecular weight excluding hydrogens is 180 g/mol. The Hall–Kier alpha value is -1.97. The van der Waals surface area contributed by atoms with Gasteiger partial charge in [0.05, 0.1) is 6.42 Å². The Morgan fingerprint density at radius 3 is 2.93 bits per heavy atom. The van der Waals surface area contributed by atoms with Crippen molar-refractivity contribution in [3.05, 3.63) is 36.4 Å². The first kappa shape index (κ1) is 8.62. The van der Waals surface area contributed by atoms with Crippen LogP contribution in [0.15, 0.2) is 30.9 Å². The average molecular weight is 188 g/mol. The van der Waals surface area contributed by atoms with E-state index < -0.39 is 5.97 Å². The second-order valence-corrected chi connectivity index (χ2v) is 2.97. The molecule has 2 heterocycles. The van der Waals surface area contributed by atoms with Crippen LogP contribution < -0.4 is 0 Å². The fourth-order valence-corrected chi connectivity index (χ4v) is 1.37. The molecule has 0 saturated carbocycles. The lowest BCUT2D eigenvalue weighted by molar-refractivity contribution is -0.136. The maximum atomic E-state index is 10.6. The van der Waals surface area contributed by atoms with Gasteiger partial charge in [-0.3, -0.25) is 14.8 Å². The van der Waals surface area contributed by atoms with Gasteiger partial charge < -0.3 is 5.11 Å². The lowest BCUT2D eigenvalue weighted by atomic mass is 10.1. The second-order valence-electron chi connectivity index (χ2n) is 2.97. The molecule has 2 aromatic heterocycles. The van der Waals surface area contributed by atoms with E-state index in [9.17, 15) is 4.79 Å². The number of fused-ring (bicyclic) bond motifs is 1. The maximum absolute atomic E-state index is 10.6. The van der Waals surface area contributed by atoms with Crippen LogP contribution in [0, 0.1) is 0 Å². The first-order valence-corrected chi connectivity index (χ1v) is 4.16. The van der Waals surface area contributed by atoms with Crippen LogP contribution in [0.3, 0.4) is 0 Å². The first-order chi connectivity index (χ1) is 6.77. The lowest BCUT2D eigenvalue weighted by Gasteiger charge is -2.01. The van der Waals surface area contributed by atoms with Crippen LogP contribution in [-0.4, -0.2) is 21.0 Å². The minimum absolute atomic E-state index is 0.0178. The van der Waals surface area contributed by atoms with Crippen molar-refractivity contribution in [3.8, 4) is 0 Å². The van der Waals surface area contributed by atoms with Crippen LogP contribution in [0.1, 0.15) is 5.56 Å². The van der Waals surface area contributed by atoms with Gasteiger partial charge >= 0.3 is 5.97 Å². The van der Waals surface area contributed by atoms with Gasteiger partial charge in [0.25, 0.3) is 0 Å². The third-order valence-electron chi connectivity index (χ3n) is 1.99. The summed E-state index contributed by atoms with van der Waals surface area (Å²) in [4.78, 5) is 18.5. The highest BCUT2D eigenvalue weighted by Gasteiger charge is 2.05. The zero-order chi connectivity index (χ0) is 9.97. The Morgan fingerprint density at radius 1 is 1.29 bits per heavy atom. The standard InChI is InChI=1S/C10H8N2O2/c13-10(14)3-8-5-12-4-7-1-2-11-6-9(7)8/h1-2,4-6H,3H2,(H,13,14). The van der Waals surface area contributed by atoms with Crippen molar-refractivity contribution in [2.45, 2.75) is 6.42 Å². The van der Waals surface area contributed by atoms with Crippen LogP contribution in [0.2, 0.25) is 0 Å². The third kappa shape index (κ3) is 1.54. The van der Waals surface area contributed by atoms with Crippen LogP contribution in [0.5, 0.6) is 0 Å². The smallest absolute Gasteiger partial charge is 0.307 e. The fourth-order valence-electron chi connectivity index (χ4n) is 1.37. The summed E-state index contributed by atoms with van der Waals surface area (Å²) in [7, 11) is 0. The van der Waals surface area contributed by atoms with Crippen molar-refractivity contribution < 1.29 is 9.90 Å². The molecule has 0 aliphatic carbocycles. The predicted octanol–water partition coefficient (Wildman–Crippen LogP) is 1.26. The van der Waals surface area contributed by atoms with Gasteiger partial charge in [-0.25, -0.2) is 0 Å². The molecule has 0 aromatic carbocycles. The van der Waals surface area contributed by atoms with Gasteiger partial charge in [0.1, 0.15) is 0 Å². The third-order valence-corrected chi connectivity index (χ3v) is 1.99. The van der Waals surface area contributed by atoms with E-state index in [-0.39, 0.29) is 6.42 Å². The number of pyridine rings is 2. The molecule has 70 valence electrons. The van der Waals surface area contributed by atoms with Crippen molar-refractivity contribution in [1.82, 2.24) is 9.97 Å². The highest BCUT2D eigenvalue weighted by Crippen LogP contribution is 2.15. The highest BCUT2D eigenvalue weighted by atomic mass is 16.4. The van der Waals surface area contributed by atoms with Crippen molar-refractivity contribution in [2.24, 2.45) is 0 Å². The van der Waals surface area contributed by atoms with Gasteiger partial charge in [-0.2, -0.15) is 0 Å². The van der Waals surface area contributed by atoms with E-state index in [4.69, 9.17) is 5.11 Å². The molecule has 2 rings (SSSR count). The largest absolute Gasteiger partial charge is 0.481 e. The molecule has 0 spiro atoms. The van der Waals surface area contributed by atoms with Crippen molar-refractivity contribution in [2.75, 3.05) is 0 Å². The molecule has 0 bridgehead atoms. The maximum Gasteiger partial charge on any atom is 0.307 e. The van der Waals surface area contributed by atoms with Gasteiger partial charge in [0.15, 0.2) is 0 Å². The first-order valence-electron chi connectivity index (χ1n) is 4.16. The summed E-state index contributed by atoms with van der Waals surface area (Å²) >= 11 is 0. The molecule has 4 heteroatoms. The van der Waals surface area contributed by atoms with E-state index in [2.05, 4.69) is 9.97 Å². The second kappa shape index (κ2) is 3.41. The predicted molar refractivity (Wildman–Crippen MR) is 50.9 cm³/mol. The fraction of sp³-hybridized carbons (Fsp3) is 0.100. The molecule has 2 aromatic rings. The number of hydrogen-bond donors (Lipinski definition) is 1. The SMILES string of the molecule is O=C(O)Cc1cncc2ccncc12. The number of aromatic nitrogens is 2. The summed E-state index contributed by atoms with van der Waals surface area (Å²) in [5.41, 5.74) is 0.697. The van der Waals surface area contributed by atoms with E-state index in [1.54, 1.807) is 24.8 Å². The molecule has 0 atom stereocenters. The molecule has 0 saturated heterocycles. The van der Waals surface area contributed by atoms with Gasteiger partial charge in [-0.15, -0.1) is 0 Å². The normalized spacial score (nSPS) is 10.3. The van der Waals surface area contributed by atoms with Crippen LogP contribution in [-0.2, 0) is 11.2 Å². The monoisotopic (exact) mass is 188 g/mol. The van der Waals surface area contributed by atoms with Crippen molar-refractivity contribution in [3.63, 3.8) is 0 Å². The summed E-state index contributed by atoms with van der Waals surface area (Å²) in [6, 6.07) is 1.81. The summed E-state index contributed by atoms with van der Waals surface area (Å²) < 4.78 is 0. The zero-order valence-electron chi connectivity index (χ0n) is 7.34. The van der Waals surface area contributed by atoms with Crippen LogP contribution in [0.4, 0.5) is 0 Å². The van der Waals surface area contributed by atoms with Gasteiger partial charge in [0.2, 0.25) is 0 Å². The molecule has 0 unspecified atom stereocenters. The van der Waals surface area contributed by atoms with Crippen LogP contribution in [0.25, 0.3) is 10.8 Å². The number of carboxylic acid groups (broad SMARTS) is 1. The number of carboxylic acids is 1. The molecule has 0 aliphatic rings. The Kier molecular flexibility index (Phi) is 2.10. The topological polar surface area (TPSA) is 63.1 Å². The zero-order valence-corrected chi connectivity index (χ0v) is 7.34. The van der Waals surface area contributed by atoms with E-state index in [1.807, 2.05) is 6.07 Å². The van der Waals surface area contributed by atoms with Gasteiger partial charge in [0, 0.05) is 35.6 Å². The summed E-state index contributed by atoms with van der Waals surface area (Å²) in [6.07, 6.45) is 6.57. The molecule has 4 nitrogen and oxygen atoms in total. The minimum atomic E-state index is -0.858. The molecular formula is C10H8N2O2. The van der Waals surface area contributed by atoms with E-state index in [0.717, 1.165) is 10.8 Å². The number of carbonyl (C=O) groups is 1. The van der Waals surface area contributed by atoms with E-state index in [0.29, 0.717) is 5.56 Å². The number of nitrogens with zero attached hydrogens (tertiary/aromatic N) is 2. The summed E-state index contributed by atoms with van der Waals surface area (Å²) in [5.74, 6) is -0.858. The number of aliphatic carboxylic acids is 1. The van der Waals surface area contributed by atoms with Gasteiger partial charge in [-0.1, -0.05) is 0 Å². The molecule has 0 fully saturated rings. The highest BCUT2D eigenvalue weighted by molar-refractivity contribution is 5.86. The van der Waals surface area contributed by atoms with Crippen LogP contribution >= 0.6 is 0 Å². The lowest BCUT2D eigenvalue weighted by Crippen LogP contribution is -2.01. The molecule has 1 N–H and O–H groups in total. The summed E-state index contributed by atoms with van der Waals surface area (Å²) in [5, 5.41) is 10.4. The average Bonchev–Trinajstić information content (AvgIpc) is 2.18. The Labute approximate surface area is 80.2 Å². The van der Waals surface area contributed by atoms with Gasteiger partial charge in [-0.05, 0) is 11.6 Å². The number of hydrogen-bond acceptors (Lipinski definition) is 3. The molecule has 14 heavy (non-hydrogen) atoms. The molecule has 0 radical (unpaired) electrons. The molecule has 0 amide bonds. The quantitative estimate of drug-likeness (QED) is 0.770. The number of rotatable bonds is 2. The van der Waals surface area contributed by atoms with Crippen molar-refractivity contribution in [1.29, 1.82) is 0 Å². The molecule has 0 aliphatic heterocycles. The Morgan fingerprint density at radius 2 is 2.14 bits per heavy atom. The minimum Gasteiger partial charge on any atom is -0.481 e. The van der Waals surface area contributed by atoms with E-state index >= 15 is 0 Å². The van der Waals surface area contributed by atoms with E-state index in [1.165, 1.54) is 0 Å². The Bertz CT molecular complexity index is 477. The Balaban J connectivity index is 2.59.